The Kier molecular flexibility index (Phi) is 10.6. The molecule has 1 aromatic carbocycles. The van der Waals surface area contributed by atoms with Crippen molar-refractivity contribution in [3.63, 3.8) is 0 Å². The number of nitrogens with zero attached hydrogens (tertiary/aromatic N) is 1. The van der Waals surface area contributed by atoms with Crippen LogP contribution in [0.25, 0.3) is 11.3 Å². The minimum absolute atomic E-state index is 0.937. The summed E-state index contributed by atoms with van der Waals surface area (Å²) in [6, 6.07) is 13.6. The highest BCUT2D eigenvalue weighted by Crippen LogP contribution is 2.33. The van der Waals surface area contributed by atoms with Gasteiger partial charge in [-0.1, -0.05) is 115 Å². The lowest BCUT2D eigenvalue weighted by Gasteiger charge is -2.28. The Labute approximate surface area is 192 Å². The molecule has 0 atom stereocenters. The number of benzene rings is 1. The molecule has 0 saturated heterocycles. The quantitative estimate of drug-likeness (QED) is 0.295. The molecule has 1 aliphatic carbocycles. The number of pyridine rings is 1. The average molecular weight is 420 g/mol. The zero-order chi connectivity index (χ0) is 21.7. The third-order valence-corrected chi connectivity index (χ3v) is 7.40. The summed E-state index contributed by atoms with van der Waals surface area (Å²) >= 11 is 0. The van der Waals surface area contributed by atoms with E-state index in [0.29, 0.717) is 0 Å². The van der Waals surface area contributed by atoms with E-state index in [2.05, 4.69) is 56.4 Å². The molecule has 0 unspecified atom stereocenters. The van der Waals surface area contributed by atoms with E-state index in [1.165, 1.54) is 113 Å². The van der Waals surface area contributed by atoms with E-state index in [4.69, 9.17) is 4.98 Å². The summed E-state index contributed by atoms with van der Waals surface area (Å²) in [7, 11) is 0. The zero-order valence-corrected chi connectivity index (χ0v) is 20.2. The molecule has 1 aromatic heterocycles. The standard InChI is InChI=1S/C30H45N/c1-3-5-6-7-8-9-11-26-18-21-29(22-19-26)30-23-20-28(24-31-30)17-16-27-14-12-25(10-4-2)13-15-27/h18-25,27H,3-17H2,1-2H3/t25-,27-. The maximum Gasteiger partial charge on any atom is 0.0702 e. The Bertz CT molecular complexity index is 707. The molecule has 3 rings (SSSR count). The van der Waals surface area contributed by atoms with Crippen molar-refractivity contribution in [2.75, 3.05) is 0 Å². The van der Waals surface area contributed by atoms with Crippen molar-refractivity contribution in [3.8, 4) is 11.3 Å². The maximum absolute atomic E-state index is 4.78. The van der Waals surface area contributed by atoms with E-state index in [-0.39, 0.29) is 0 Å². The second-order valence-corrected chi connectivity index (χ2v) is 9.98. The number of hydrogen-bond acceptors (Lipinski definition) is 1. The fourth-order valence-corrected chi connectivity index (χ4v) is 5.28. The lowest BCUT2D eigenvalue weighted by atomic mass is 9.78. The summed E-state index contributed by atoms with van der Waals surface area (Å²) in [6.07, 6.45) is 22.7. The molecule has 31 heavy (non-hydrogen) atoms. The van der Waals surface area contributed by atoms with Crippen LogP contribution < -0.4 is 0 Å². The summed E-state index contributed by atoms with van der Waals surface area (Å²) in [5.41, 5.74) is 5.21. The summed E-state index contributed by atoms with van der Waals surface area (Å²) in [5, 5.41) is 0. The van der Waals surface area contributed by atoms with Crippen molar-refractivity contribution in [1.82, 2.24) is 4.98 Å². The Balaban J connectivity index is 1.39. The second-order valence-electron chi connectivity index (χ2n) is 9.98. The Morgan fingerprint density at radius 2 is 1.29 bits per heavy atom. The minimum Gasteiger partial charge on any atom is -0.256 e. The van der Waals surface area contributed by atoms with Gasteiger partial charge in [0.05, 0.1) is 5.69 Å². The van der Waals surface area contributed by atoms with Crippen LogP contribution in [0.1, 0.15) is 108 Å². The van der Waals surface area contributed by atoms with Crippen LogP contribution in [0, 0.1) is 11.8 Å². The van der Waals surface area contributed by atoms with Crippen molar-refractivity contribution >= 4 is 0 Å². The van der Waals surface area contributed by atoms with Crippen molar-refractivity contribution < 1.29 is 0 Å². The number of hydrogen-bond donors (Lipinski definition) is 0. The molecule has 1 heteroatoms. The van der Waals surface area contributed by atoms with Crippen molar-refractivity contribution in [2.24, 2.45) is 11.8 Å². The first-order valence-electron chi connectivity index (χ1n) is 13.3. The third kappa shape index (κ3) is 8.43. The highest BCUT2D eigenvalue weighted by Gasteiger charge is 2.20. The van der Waals surface area contributed by atoms with Crippen LogP contribution in [0.5, 0.6) is 0 Å². The fraction of sp³-hybridized carbons (Fsp3) is 0.633. The van der Waals surface area contributed by atoms with Gasteiger partial charge in [0, 0.05) is 11.8 Å². The average Bonchev–Trinajstić information content (AvgIpc) is 2.82. The van der Waals surface area contributed by atoms with E-state index in [0.717, 1.165) is 17.5 Å². The van der Waals surface area contributed by atoms with Crippen molar-refractivity contribution in [2.45, 2.75) is 110 Å². The van der Waals surface area contributed by atoms with E-state index in [1.807, 2.05) is 0 Å². The topological polar surface area (TPSA) is 12.9 Å². The smallest absolute Gasteiger partial charge is 0.0702 e. The first kappa shape index (κ1) is 24.0. The summed E-state index contributed by atoms with van der Waals surface area (Å²) < 4.78 is 0. The summed E-state index contributed by atoms with van der Waals surface area (Å²) in [6.45, 7) is 4.61. The van der Waals surface area contributed by atoms with Gasteiger partial charge in [0.2, 0.25) is 0 Å². The van der Waals surface area contributed by atoms with Crippen molar-refractivity contribution in [3.05, 3.63) is 53.7 Å². The predicted molar refractivity (Wildman–Crippen MR) is 135 cm³/mol. The largest absolute Gasteiger partial charge is 0.256 e. The Morgan fingerprint density at radius 1 is 0.645 bits per heavy atom. The molecule has 1 heterocycles. The molecule has 0 spiro atoms. The van der Waals surface area contributed by atoms with Crippen LogP contribution in [-0.4, -0.2) is 4.98 Å². The van der Waals surface area contributed by atoms with Crippen LogP contribution in [-0.2, 0) is 12.8 Å². The van der Waals surface area contributed by atoms with Gasteiger partial charge in [0.15, 0.2) is 0 Å². The third-order valence-electron chi connectivity index (χ3n) is 7.40. The lowest BCUT2D eigenvalue weighted by Crippen LogP contribution is -2.15. The fourth-order valence-electron chi connectivity index (χ4n) is 5.28. The van der Waals surface area contributed by atoms with Gasteiger partial charge in [0.1, 0.15) is 0 Å². The molecule has 1 fully saturated rings. The lowest BCUT2D eigenvalue weighted by molar-refractivity contribution is 0.252. The van der Waals surface area contributed by atoms with Crippen LogP contribution in [0.15, 0.2) is 42.6 Å². The van der Waals surface area contributed by atoms with Crippen LogP contribution in [0.2, 0.25) is 0 Å². The van der Waals surface area contributed by atoms with Gasteiger partial charge in [-0.25, -0.2) is 0 Å². The normalized spacial score (nSPS) is 18.9. The van der Waals surface area contributed by atoms with E-state index >= 15 is 0 Å². The van der Waals surface area contributed by atoms with Gasteiger partial charge in [-0.3, -0.25) is 4.98 Å². The Hall–Kier alpha value is -1.63. The van der Waals surface area contributed by atoms with E-state index in [9.17, 15) is 0 Å². The van der Waals surface area contributed by atoms with Gasteiger partial charge in [-0.15, -0.1) is 0 Å². The second kappa shape index (κ2) is 13.7. The predicted octanol–water partition coefficient (Wildman–Crippen LogP) is 9.19. The molecule has 0 bridgehead atoms. The summed E-state index contributed by atoms with van der Waals surface area (Å²) in [4.78, 5) is 4.78. The van der Waals surface area contributed by atoms with Gasteiger partial charge in [-0.05, 0) is 54.7 Å². The SMILES string of the molecule is CCCCCCCCc1ccc(-c2ccc(CC[C@H]3CC[C@H](CCC)CC3)cn2)cc1. The van der Waals surface area contributed by atoms with Gasteiger partial charge in [0.25, 0.3) is 0 Å². The number of rotatable bonds is 13. The zero-order valence-electron chi connectivity index (χ0n) is 20.2. The maximum atomic E-state index is 4.78. The van der Waals surface area contributed by atoms with E-state index in [1.54, 1.807) is 0 Å². The summed E-state index contributed by atoms with van der Waals surface area (Å²) in [5.74, 6) is 1.95. The molecular formula is C30H45N. The van der Waals surface area contributed by atoms with Crippen LogP contribution >= 0.6 is 0 Å². The molecule has 1 saturated carbocycles. The molecule has 0 N–H and O–H groups in total. The molecule has 1 aliphatic rings. The minimum atomic E-state index is 0.937. The number of unbranched alkanes of at least 4 members (excludes halogenated alkanes) is 5. The molecular weight excluding hydrogens is 374 g/mol. The molecule has 0 amide bonds. The number of aromatic nitrogens is 1. The van der Waals surface area contributed by atoms with Crippen LogP contribution in [0.3, 0.4) is 0 Å². The van der Waals surface area contributed by atoms with E-state index < -0.39 is 0 Å². The van der Waals surface area contributed by atoms with Gasteiger partial charge < -0.3 is 0 Å². The monoisotopic (exact) mass is 419 g/mol. The van der Waals surface area contributed by atoms with Gasteiger partial charge >= 0.3 is 0 Å². The molecule has 170 valence electrons. The highest BCUT2D eigenvalue weighted by atomic mass is 14.7. The van der Waals surface area contributed by atoms with Crippen LogP contribution in [0.4, 0.5) is 0 Å². The van der Waals surface area contributed by atoms with Crippen molar-refractivity contribution in [1.29, 1.82) is 0 Å². The Morgan fingerprint density at radius 3 is 1.94 bits per heavy atom. The molecule has 0 aliphatic heterocycles. The first-order valence-corrected chi connectivity index (χ1v) is 13.3. The van der Waals surface area contributed by atoms with Gasteiger partial charge in [-0.2, -0.15) is 0 Å². The number of aryl methyl sites for hydroxylation is 2. The highest BCUT2D eigenvalue weighted by molar-refractivity contribution is 5.59. The first-order chi connectivity index (χ1) is 15.3. The molecule has 0 radical (unpaired) electrons. The molecule has 1 nitrogen and oxygen atoms in total. The molecule has 2 aromatic rings.